The number of hydrogen-bond donors (Lipinski definition) is 1. The number of aromatic nitrogens is 2. The van der Waals surface area contributed by atoms with Gasteiger partial charge >= 0.3 is 0 Å². The fourth-order valence-corrected chi connectivity index (χ4v) is 3.92. The van der Waals surface area contributed by atoms with Crippen molar-refractivity contribution < 1.29 is 13.9 Å². The molecule has 0 fully saturated rings. The van der Waals surface area contributed by atoms with Crippen molar-refractivity contribution in [3.63, 3.8) is 0 Å². The van der Waals surface area contributed by atoms with E-state index in [-0.39, 0.29) is 0 Å². The average molecular weight is 410 g/mol. The maximum atomic E-state index is 6.36. The van der Waals surface area contributed by atoms with Gasteiger partial charge in [0.2, 0.25) is 0 Å². The molecule has 5 nitrogen and oxygen atoms in total. The molecule has 5 rings (SSSR count). The van der Waals surface area contributed by atoms with Crippen LogP contribution in [0.4, 0.5) is 0 Å². The van der Waals surface area contributed by atoms with E-state index in [0.29, 0.717) is 18.1 Å². The van der Waals surface area contributed by atoms with Crippen molar-refractivity contribution in [1.29, 1.82) is 0 Å². The van der Waals surface area contributed by atoms with Crippen molar-refractivity contribution in [3.8, 4) is 34.1 Å². The Morgan fingerprint density at radius 1 is 0.806 bits per heavy atom. The lowest BCUT2D eigenvalue weighted by Gasteiger charge is -2.09. The molecule has 0 amide bonds. The molecular weight excluding hydrogens is 388 g/mol. The number of H-pyrrole nitrogens is 1. The SMILES string of the molecule is COc1ccccc1-c1nc(Cc2c[nH]c3ccccc23)oc1-c1ccccc1OC. The minimum Gasteiger partial charge on any atom is -0.496 e. The van der Waals surface area contributed by atoms with Crippen LogP contribution in [0.1, 0.15) is 11.5 Å². The molecule has 2 aromatic heterocycles. The predicted octanol–water partition coefficient (Wildman–Crippen LogP) is 6.10. The van der Waals surface area contributed by atoms with Crippen LogP contribution in [0.25, 0.3) is 33.5 Å². The van der Waals surface area contributed by atoms with E-state index >= 15 is 0 Å². The van der Waals surface area contributed by atoms with Gasteiger partial charge in [-0.2, -0.15) is 0 Å². The number of fused-ring (bicyclic) bond motifs is 1. The van der Waals surface area contributed by atoms with Crippen LogP contribution >= 0.6 is 0 Å². The summed E-state index contributed by atoms with van der Waals surface area (Å²) in [5, 5.41) is 1.17. The molecule has 0 aliphatic rings. The minimum absolute atomic E-state index is 0.571. The van der Waals surface area contributed by atoms with Crippen LogP contribution in [0.2, 0.25) is 0 Å². The molecule has 31 heavy (non-hydrogen) atoms. The number of ether oxygens (including phenoxy) is 2. The number of methoxy groups -OCH3 is 2. The zero-order valence-corrected chi connectivity index (χ0v) is 17.4. The lowest BCUT2D eigenvalue weighted by molar-refractivity contribution is 0.413. The van der Waals surface area contributed by atoms with Crippen LogP contribution in [0.15, 0.2) is 83.4 Å². The van der Waals surface area contributed by atoms with Gasteiger partial charge in [0.1, 0.15) is 17.2 Å². The van der Waals surface area contributed by atoms with Crippen LogP contribution in [0.5, 0.6) is 11.5 Å². The van der Waals surface area contributed by atoms with Crippen molar-refractivity contribution in [3.05, 3.63) is 90.4 Å². The zero-order chi connectivity index (χ0) is 21.2. The number of aromatic amines is 1. The van der Waals surface area contributed by atoms with Crippen LogP contribution < -0.4 is 9.47 Å². The Labute approximate surface area is 180 Å². The van der Waals surface area contributed by atoms with Crippen LogP contribution in [-0.2, 0) is 6.42 Å². The number of benzene rings is 3. The number of nitrogens with zero attached hydrogens (tertiary/aromatic N) is 1. The van der Waals surface area contributed by atoms with E-state index in [1.165, 1.54) is 5.39 Å². The monoisotopic (exact) mass is 410 g/mol. The Hall–Kier alpha value is -3.99. The van der Waals surface area contributed by atoms with Gasteiger partial charge in [0.25, 0.3) is 0 Å². The van der Waals surface area contributed by atoms with Crippen molar-refractivity contribution in [2.75, 3.05) is 14.2 Å². The highest BCUT2D eigenvalue weighted by molar-refractivity contribution is 5.84. The number of oxazole rings is 1. The molecule has 0 spiro atoms. The molecule has 3 aromatic carbocycles. The third-order valence-corrected chi connectivity index (χ3v) is 5.40. The zero-order valence-electron chi connectivity index (χ0n) is 17.4. The maximum absolute atomic E-state index is 6.36. The molecule has 0 atom stereocenters. The summed E-state index contributed by atoms with van der Waals surface area (Å²) in [5.41, 5.74) is 4.69. The van der Waals surface area contributed by atoms with E-state index < -0.39 is 0 Å². The largest absolute Gasteiger partial charge is 0.496 e. The van der Waals surface area contributed by atoms with E-state index in [1.807, 2.05) is 66.9 Å². The fourth-order valence-electron chi connectivity index (χ4n) is 3.92. The summed E-state index contributed by atoms with van der Waals surface area (Å²) in [6.45, 7) is 0. The van der Waals surface area contributed by atoms with E-state index in [4.69, 9.17) is 18.9 Å². The van der Waals surface area contributed by atoms with Crippen molar-refractivity contribution in [2.24, 2.45) is 0 Å². The quantitative estimate of drug-likeness (QED) is 0.367. The summed E-state index contributed by atoms with van der Waals surface area (Å²) in [7, 11) is 3.32. The summed E-state index contributed by atoms with van der Waals surface area (Å²) in [4.78, 5) is 8.23. The van der Waals surface area contributed by atoms with Gasteiger partial charge in [-0.15, -0.1) is 0 Å². The first-order valence-corrected chi connectivity index (χ1v) is 10.1. The summed E-state index contributed by atoms with van der Waals surface area (Å²) in [6.07, 6.45) is 2.59. The average Bonchev–Trinajstić information content (AvgIpc) is 3.43. The van der Waals surface area contributed by atoms with Gasteiger partial charge in [-0.25, -0.2) is 4.98 Å². The lowest BCUT2D eigenvalue weighted by Crippen LogP contribution is -1.91. The molecule has 5 heteroatoms. The molecule has 0 saturated heterocycles. The van der Waals surface area contributed by atoms with Crippen LogP contribution in [-0.4, -0.2) is 24.2 Å². The first-order valence-electron chi connectivity index (χ1n) is 10.1. The van der Waals surface area contributed by atoms with Gasteiger partial charge in [-0.3, -0.25) is 0 Å². The fraction of sp³-hybridized carbons (Fsp3) is 0.115. The second-order valence-electron chi connectivity index (χ2n) is 7.22. The number of rotatable bonds is 6. The predicted molar refractivity (Wildman–Crippen MR) is 122 cm³/mol. The summed E-state index contributed by atoms with van der Waals surface area (Å²) in [6, 6.07) is 23.9. The second kappa shape index (κ2) is 8.03. The number of nitrogens with one attached hydrogen (secondary N) is 1. The highest BCUT2D eigenvalue weighted by Crippen LogP contribution is 2.41. The van der Waals surface area contributed by atoms with Gasteiger partial charge in [0.15, 0.2) is 11.7 Å². The van der Waals surface area contributed by atoms with Gasteiger partial charge in [-0.05, 0) is 35.9 Å². The van der Waals surface area contributed by atoms with Gasteiger partial charge in [0.05, 0.1) is 26.2 Å². The van der Waals surface area contributed by atoms with E-state index in [9.17, 15) is 0 Å². The molecule has 0 saturated carbocycles. The van der Waals surface area contributed by atoms with Crippen molar-refractivity contribution >= 4 is 10.9 Å². The van der Waals surface area contributed by atoms with Gasteiger partial charge in [-0.1, -0.05) is 42.5 Å². The molecule has 0 aliphatic heterocycles. The molecule has 2 heterocycles. The number of para-hydroxylation sites is 3. The van der Waals surface area contributed by atoms with Gasteiger partial charge < -0.3 is 18.9 Å². The Bertz CT molecular complexity index is 1280. The molecule has 0 radical (unpaired) electrons. The van der Waals surface area contributed by atoms with Crippen molar-refractivity contribution in [2.45, 2.75) is 6.42 Å². The third kappa shape index (κ3) is 3.44. The normalized spacial score (nSPS) is 11.0. The smallest absolute Gasteiger partial charge is 0.200 e. The van der Waals surface area contributed by atoms with Gasteiger partial charge in [0, 0.05) is 22.7 Å². The Balaban J connectivity index is 1.66. The number of hydrogen-bond acceptors (Lipinski definition) is 4. The molecule has 5 aromatic rings. The Morgan fingerprint density at radius 3 is 2.23 bits per heavy atom. The topological polar surface area (TPSA) is 60.3 Å². The Morgan fingerprint density at radius 2 is 1.45 bits per heavy atom. The first-order chi connectivity index (χ1) is 15.3. The Kier molecular flexibility index (Phi) is 4.92. The molecule has 1 N–H and O–H groups in total. The highest BCUT2D eigenvalue weighted by Gasteiger charge is 2.22. The molecule has 0 aliphatic carbocycles. The molecule has 0 unspecified atom stereocenters. The summed E-state index contributed by atoms with van der Waals surface area (Å²) in [5.74, 6) is 2.77. The highest BCUT2D eigenvalue weighted by atomic mass is 16.5. The molecular formula is C26H22N2O3. The van der Waals surface area contributed by atoms with Crippen LogP contribution in [0, 0.1) is 0 Å². The van der Waals surface area contributed by atoms with E-state index in [0.717, 1.165) is 39.4 Å². The minimum atomic E-state index is 0.571. The standard InChI is InChI=1S/C26H22N2O3/c1-29-22-13-7-4-10-19(22)25-26(20-11-5-8-14-23(20)30-2)31-24(28-25)15-17-16-27-21-12-6-3-9-18(17)21/h3-14,16,27H,15H2,1-2H3. The summed E-state index contributed by atoms with van der Waals surface area (Å²) >= 11 is 0. The first kappa shape index (κ1) is 19.0. The lowest BCUT2D eigenvalue weighted by atomic mass is 10.0. The maximum Gasteiger partial charge on any atom is 0.200 e. The second-order valence-corrected chi connectivity index (χ2v) is 7.22. The summed E-state index contributed by atoms with van der Waals surface area (Å²) < 4.78 is 17.6. The van der Waals surface area contributed by atoms with Crippen molar-refractivity contribution in [1.82, 2.24) is 9.97 Å². The van der Waals surface area contributed by atoms with Crippen LogP contribution in [0.3, 0.4) is 0 Å². The molecule has 0 bridgehead atoms. The third-order valence-electron chi connectivity index (χ3n) is 5.40. The van der Waals surface area contributed by atoms with E-state index in [1.54, 1.807) is 14.2 Å². The van der Waals surface area contributed by atoms with E-state index in [2.05, 4.69) is 17.1 Å². The molecule has 154 valence electrons.